The second-order valence-corrected chi connectivity index (χ2v) is 7.25. The van der Waals surface area contributed by atoms with Crippen LogP contribution in [0.25, 0.3) is 0 Å². The Hall–Kier alpha value is -0.530. The summed E-state index contributed by atoms with van der Waals surface area (Å²) < 4.78 is 0. The third-order valence-electron chi connectivity index (χ3n) is 4.35. The summed E-state index contributed by atoms with van der Waals surface area (Å²) in [5.41, 5.74) is 0.456. The van der Waals surface area contributed by atoms with Gasteiger partial charge in [0.15, 0.2) is 5.96 Å². The van der Waals surface area contributed by atoms with Crippen LogP contribution in [0.1, 0.15) is 53.4 Å². The van der Waals surface area contributed by atoms with Gasteiger partial charge in [0.1, 0.15) is 0 Å². The molecule has 0 unspecified atom stereocenters. The topological polar surface area (TPSA) is 65.5 Å². The fourth-order valence-corrected chi connectivity index (χ4v) is 3.06. The Morgan fingerprint density at radius 2 is 1.70 bits per heavy atom. The number of amides is 1. The highest BCUT2D eigenvalue weighted by molar-refractivity contribution is 14.0. The lowest BCUT2D eigenvalue weighted by Crippen LogP contribution is -2.48. The number of carbonyl (C=O) groups excluding carboxylic acids is 1. The van der Waals surface area contributed by atoms with Gasteiger partial charge in [-0.2, -0.15) is 0 Å². The minimum absolute atomic E-state index is 0. The number of hydrogen-bond acceptors (Lipinski definition) is 2. The van der Waals surface area contributed by atoms with Crippen molar-refractivity contribution in [1.82, 2.24) is 16.0 Å². The van der Waals surface area contributed by atoms with Crippen LogP contribution in [0.5, 0.6) is 0 Å². The number of nitrogens with one attached hydrogen (secondary N) is 3. The molecule has 0 aromatic rings. The van der Waals surface area contributed by atoms with E-state index in [9.17, 15) is 4.79 Å². The normalized spacial score (nSPS) is 16.6. The molecule has 6 heteroatoms. The zero-order valence-electron chi connectivity index (χ0n) is 15.4. The highest BCUT2D eigenvalue weighted by Gasteiger charge is 2.37. The molecule has 1 aliphatic carbocycles. The SMILES string of the molecule is CN=C(NCCNC(=O)C(C)C)NCC1(CC(C)C)CCC1.I. The lowest BCUT2D eigenvalue weighted by molar-refractivity contribution is -0.123. The van der Waals surface area contributed by atoms with Crippen LogP contribution >= 0.6 is 24.0 Å². The van der Waals surface area contributed by atoms with Crippen LogP contribution in [0, 0.1) is 17.3 Å². The fourth-order valence-electron chi connectivity index (χ4n) is 3.06. The van der Waals surface area contributed by atoms with Crippen LogP contribution in [-0.4, -0.2) is 38.5 Å². The zero-order chi connectivity index (χ0) is 16.6. The first-order chi connectivity index (χ1) is 10.4. The smallest absolute Gasteiger partial charge is 0.222 e. The number of halogens is 1. The maximum atomic E-state index is 11.5. The van der Waals surface area contributed by atoms with Gasteiger partial charge in [-0.05, 0) is 30.6 Å². The Kier molecular flexibility index (Phi) is 10.8. The van der Waals surface area contributed by atoms with Crippen molar-refractivity contribution in [3.63, 3.8) is 0 Å². The monoisotopic (exact) mass is 438 g/mol. The van der Waals surface area contributed by atoms with Crippen LogP contribution in [0.15, 0.2) is 4.99 Å². The number of nitrogens with zero attached hydrogens (tertiary/aromatic N) is 1. The molecule has 0 heterocycles. The lowest BCUT2D eigenvalue weighted by atomic mass is 9.64. The number of carbonyl (C=O) groups is 1. The molecule has 1 saturated carbocycles. The second-order valence-electron chi connectivity index (χ2n) is 7.25. The van der Waals surface area contributed by atoms with E-state index in [0.29, 0.717) is 18.5 Å². The standard InChI is InChI=1S/C17H34N4O.HI/c1-13(2)11-17(7-6-8-17)12-21-16(18-5)20-10-9-19-15(22)14(3)4;/h13-14H,6-12H2,1-5H3,(H,19,22)(H2,18,20,21);1H. The summed E-state index contributed by atoms with van der Waals surface area (Å²) in [6.07, 6.45) is 5.27. The third kappa shape index (κ3) is 8.22. The van der Waals surface area contributed by atoms with Gasteiger partial charge in [-0.1, -0.05) is 34.1 Å². The van der Waals surface area contributed by atoms with E-state index in [1.165, 1.54) is 25.7 Å². The lowest BCUT2D eigenvalue weighted by Gasteiger charge is -2.43. The Bertz CT molecular complexity index is 379. The molecule has 136 valence electrons. The molecule has 23 heavy (non-hydrogen) atoms. The molecule has 5 nitrogen and oxygen atoms in total. The van der Waals surface area contributed by atoms with Crippen molar-refractivity contribution in [2.45, 2.75) is 53.4 Å². The van der Waals surface area contributed by atoms with Gasteiger partial charge in [0.2, 0.25) is 5.91 Å². The van der Waals surface area contributed by atoms with Crippen molar-refractivity contribution in [1.29, 1.82) is 0 Å². The molecule has 1 aliphatic rings. The third-order valence-corrected chi connectivity index (χ3v) is 4.35. The molecule has 0 saturated heterocycles. The molecule has 1 fully saturated rings. The van der Waals surface area contributed by atoms with Gasteiger partial charge in [0, 0.05) is 32.6 Å². The summed E-state index contributed by atoms with van der Waals surface area (Å²) in [6, 6.07) is 0. The molecule has 0 aliphatic heterocycles. The first-order valence-corrected chi connectivity index (χ1v) is 8.61. The maximum Gasteiger partial charge on any atom is 0.222 e. The fraction of sp³-hybridized carbons (Fsp3) is 0.882. The first-order valence-electron chi connectivity index (χ1n) is 8.61. The number of hydrogen-bond donors (Lipinski definition) is 3. The van der Waals surface area contributed by atoms with E-state index in [4.69, 9.17) is 0 Å². The summed E-state index contributed by atoms with van der Waals surface area (Å²) in [6.45, 7) is 10.7. The summed E-state index contributed by atoms with van der Waals surface area (Å²) >= 11 is 0. The van der Waals surface area contributed by atoms with Crippen LogP contribution in [-0.2, 0) is 4.79 Å². The van der Waals surface area contributed by atoms with Gasteiger partial charge in [0.25, 0.3) is 0 Å². The second kappa shape index (κ2) is 11.1. The number of guanidine groups is 1. The predicted molar refractivity (Wildman–Crippen MR) is 108 cm³/mol. The van der Waals surface area contributed by atoms with Crippen molar-refractivity contribution in [2.24, 2.45) is 22.2 Å². The molecule has 1 rings (SSSR count). The van der Waals surface area contributed by atoms with Crippen molar-refractivity contribution < 1.29 is 4.79 Å². The highest BCUT2D eigenvalue weighted by atomic mass is 127. The van der Waals surface area contributed by atoms with Gasteiger partial charge in [0.05, 0.1) is 0 Å². The average Bonchev–Trinajstić information content (AvgIpc) is 2.42. The van der Waals surface area contributed by atoms with Crippen molar-refractivity contribution in [2.75, 3.05) is 26.7 Å². The largest absolute Gasteiger partial charge is 0.356 e. The number of rotatable bonds is 8. The molecular weight excluding hydrogens is 403 g/mol. The van der Waals surface area contributed by atoms with Crippen molar-refractivity contribution in [3.05, 3.63) is 0 Å². The van der Waals surface area contributed by atoms with Crippen LogP contribution in [0.2, 0.25) is 0 Å². The van der Waals surface area contributed by atoms with Crippen LogP contribution in [0.3, 0.4) is 0 Å². The van der Waals surface area contributed by atoms with Gasteiger partial charge >= 0.3 is 0 Å². The Labute approximate surface area is 158 Å². The molecule has 3 N–H and O–H groups in total. The average molecular weight is 438 g/mol. The predicted octanol–water partition coefficient (Wildman–Crippen LogP) is 2.76. The highest BCUT2D eigenvalue weighted by Crippen LogP contribution is 2.45. The summed E-state index contributed by atoms with van der Waals surface area (Å²) in [5.74, 6) is 1.69. The van der Waals surface area contributed by atoms with Crippen molar-refractivity contribution in [3.8, 4) is 0 Å². The molecule has 0 radical (unpaired) electrons. The van der Waals surface area contributed by atoms with Gasteiger partial charge in [-0.3, -0.25) is 9.79 Å². The van der Waals surface area contributed by atoms with Crippen LogP contribution in [0.4, 0.5) is 0 Å². The maximum absolute atomic E-state index is 11.5. The van der Waals surface area contributed by atoms with Crippen molar-refractivity contribution >= 4 is 35.8 Å². The summed E-state index contributed by atoms with van der Waals surface area (Å²) in [4.78, 5) is 15.7. The van der Waals surface area contributed by atoms with E-state index in [2.05, 4.69) is 34.8 Å². The van der Waals surface area contributed by atoms with Gasteiger partial charge in [-0.15, -0.1) is 24.0 Å². The molecule has 0 atom stereocenters. The Morgan fingerprint density at radius 1 is 1.09 bits per heavy atom. The quantitative estimate of drug-likeness (QED) is 0.236. The first kappa shape index (κ1) is 22.5. The van der Waals surface area contributed by atoms with E-state index < -0.39 is 0 Å². The van der Waals surface area contributed by atoms with E-state index in [0.717, 1.165) is 18.4 Å². The zero-order valence-corrected chi connectivity index (χ0v) is 17.7. The molecule has 0 spiro atoms. The number of aliphatic imine (C=N–C) groups is 1. The molecule has 1 amide bonds. The van der Waals surface area contributed by atoms with Crippen LogP contribution < -0.4 is 16.0 Å². The van der Waals surface area contributed by atoms with Gasteiger partial charge in [-0.25, -0.2) is 0 Å². The van der Waals surface area contributed by atoms with E-state index in [1.54, 1.807) is 7.05 Å². The van der Waals surface area contributed by atoms with E-state index in [-0.39, 0.29) is 35.8 Å². The minimum Gasteiger partial charge on any atom is -0.356 e. The molecule has 0 bridgehead atoms. The Morgan fingerprint density at radius 3 is 2.13 bits per heavy atom. The summed E-state index contributed by atoms with van der Waals surface area (Å²) in [7, 11) is 1.79. The molecular formula is C17H35IN4O. The van der Waals surface area contributed by atoms with E-state index in [1.807, 2.05) is 13.8 Å². The van der Waals surface area contributed by atoms with E-state index >= 15 is 0 Å². The Balaban J connectivity index is 0.00000484. The summed E-state index contributed by atoms with van der Waals surface area (Å²) in [5, 5.41) is 9.61. The molecule has 0 aromatic carbocycles. The minimum atomic E-state index is 0. The molecule has 0 aromatic heterocycles. The van der Waals surface area contributed by atoms with Gasteiger partial charge < -0.3 is 16.0 Å².